The van der Waals surface area contributed by atoms with Crippen LogP contribution in [0.5, 0.6) is 5.75 Å². The number of rotatable bonds is 5. The van der Waals surface area contributed by atoms with Gasteiger partial charge in [0.05, 0.1) is 18.7 Å². The molecule has 0 atom stereocenters. The molecule has 122 valence electrons. The maximum Gasteiger partial charge on any atom is 0.246 e. The summed E-state index contributed by atoms with van der Waals surface area (Å²) < 4.78 is 18.5. The molecule has 1 amide bonds. The Balaban J connectivity index is 1.99. The molecular weight excluding hydrogens is 307 g/mol. The molecule has 2 aromatic carbocycles. The summed E-state index contributed by atoms with van der Waals surface area (Å²) >= 11 is 0. The number of nitriles is 1. The van der Waals surface area contributed by atoms with E-state index in [4.69, 9.17) is 10.00 Å². The second-order valence-electron chi connectivity index (χ2n) is 5.23. The van der Waals surface area contributed by atoms with E-state index in [1.807, 2.05) is 6.07 Å². The molecule has 4 nitrogen and oxygen atoms in total. The molecule has 0 radical (unpaired) electrons. The standard InChI is InChI=1S/C19H17FN2O2/c1-22(13-16-7-9-18(24-2)17(20)11-16)19(23)10-8-14-3-5-15(12-21)6-4-14/h3-11H,13H2,1-2H3. The fraction of sp³-hybridized carbons (Fsp3) is 0.158. The van der Waals surface area contributed by atoms with Crippen LogP contribution in [0.25, 0.3) is 6.08 Å². The van der Waals surface area contributed by atoms with Crippen LogP contribution in [-0.2, 0) is 11.3 Å². The zero-order valence-electron chi connectivity index (χ0n) is 13.5. The van der Waals surface area contributed by atoms with Crippen molar-refractivity contribution < 1.29 is 13.9 Å². The summed E-state index contributed by atoms with van der Waals surface area (Å²) in [5.74, 6) is -0.479. The van der Waals surface area contributed by atoms with Gasteiger partial charge in [0.25, 0.3) is 0 Å². The van der Waals surface area contributed by atoms with Crippen LogP contribution in [0.15, 0.2) is 48.5 Å². The maximum atomic E-state index is 13.7. The van der Waals surface area contributed by atoms with Gasteiger partial charge in [0.2, 0.25) is 5.91 Å². The van der Waals surface area contributed by atoms with E-state index in [1.54, 1.807) is 43.5 Å². The Morgan fingerprint density at radius 3 is 2.58 bits per heavy atom. The highest BCUT2D eigenvalue weighted by atomic mass is 19.1. The van der Waals surface area contributed by atoms with Gasteiger partial charge in [-0.2, -0.15) is 5.26 Å². The quantitative estimate of drug-likeness (QED) is 0.792. The van der Waals surface area contributed by atoms with E-state index in [9.17, 15) is 9.18 Å². The predicted molar refractivity (Wildman–Crippen MR) is 89.6 cm³/mol. The number of nitrogens with zero attached hydrogens (tertiary/aromatic N) is 2. The summed E-state index contributed by atoms with van der Waals surface area (Å²) in [6, 6.07) is 13.6. The third-order valence-corrected chi connectivity index (χ3v) is 3.47. The molecule has 0 aromatic heterocycles. The Morgan fingerprint density at radius 1 is 1.29 bits per heavy atom. The number of carbonyl (C=O) groups is 1. The maximum absolute atomic E-state index is 13.7. The summed E-state index contributed by atoms with van der Waals surface area (Å²) in [5.41, 5.74) is 2.07. The van der Waals surface area contributed by atoms with Crippen LogP contribution in [-0.4, -0.2) is 25.0 Å². The average molecular weight is 324 g/mol. The molecule has 0 unspecified atom stereocenters. The van der Waals surface area contributed by atoms with Crippen molar-refractivity contribution in [3.63, 3.8) is 0 Å². The van der Waals surface area contributed by atoms with E-state index in [-0.39, 0.29) is 18.2 Å². The molecule has 0 N–H and O–H groups in total. The molecule has 2 rings (SSSR count). The van der Waals surface area contributed by atoms with E-state index in [0.717, 1.165) is 5.56 Å². The Labute approximate surface area is 140 Å². The van der Waals surface area contributed by atoms with Gasteiger partial charge in [-0.15, -0.1) is 0 Å². The van der Waals surface area contributed by atoms with Crippen LogP contribution in [0.2, 0.25) is 0 Å². The SMILES string of the molecule is COc1ccc(CN(C)C(=O)C=Cc2ccc(C#N)cc2)cc1F. The molecule has 0 fully saturated rings. The number of halogens is 1. The minimum absolute atomic E-state index is 0.174. The van der Waals surface area contributed by atoms with Crippen LogP contribution < -0.4 is 4.74 Å². The number of likely N-dealkylation sites (N-methyl/N-ethyl adjacent to an activating group) is 1. The molecule has 24 heavy (non-hydrogen) atoms. The number of ether oxygens (including phenoxy) is 1. The van der Waals surface area contributed by atoms with Gasteiger partial charge >= 0.3 is 0 Å². The zero-order valence-corrected chi connectivity index (χ0v) is 13.5. The summed E-state index contributed by atoms with van der Waals surface area (Å²) in [6.07, 6.45) is 3.12. The summed E-state index contributed by atoms with van der Waals surface area (Å²) in [6.45, 7) is 0.289. The monoisotopic (exact) mass is 324 g/mol. The molecule has 0 aliphatic heterocycles. The number of hydrogen-bond acceptors (Lipinski definition) is 3. The van der Waals surface area contributed by atoms with Crippen molar-refractivity contribution in [3.8, 4) is 11.8 Å². The highest BCUT2D eigenvalue weighted by Gasteiger charge is 2.08. The number of benzene rings is 2. The van der Waals surface area contributed by atoms with Crippen LogP contribution in [0.4, 0.5) is 4.39 Å². The highest BCUT2D eigenvalue weighted by molar-refractivity contribution is 5.91. The Morgan fingerprint density at radius 2 is 2.00 bits per heavy atom. The molecule has 2 aromatic rings. The largest absolute Gasteiger partial charge is 0.494 e. The van der Waals surface area contributed by atoms with Crippen molar-refractivity contribution in [3.05, 3.63) is 71.0 Å². The highest BCUT2D eigenvalue weighted by Crippen LogP contribution is 2.18. The topological polar surface area (TPSA) is 53.3 Å². The lowest BCUT2D eigenvalue weighted by Crippen LogP contribution is -2.24. The van der Waals surface area contributed by atoms with Crippen LogP contribution >= 0.6 is 0 Å². The van der Waals surface area contributed by atoms with Gasteiger partial charge in [-0.3, -0.25) is 4.79 Å². The number of amides is 1. The smallest absolute Gasteiger partial charge is 0.246 e. The Kier molecular flexibility index (Phi) is 5.69. The van der Waals surface area contributed by atoms with Crippen molar-refractivity contribution in [2.24, 2.45) is 0 Å². The van der Waals surface area contributed by atoms with Crippen LogP contribution in [0.3, 0.4) is 0 Å². The van der Waals surface area contributed by atoms with Crippen LogP contribution in [0.1, 0.15) is 16.7 Å². The van der Waals surface area contributed by atoms with Gasteiger partial charge in [0.1, 0.15) is 0 Å². The van der Waals surface area contributed by atoms with E-state index in [1.165, 1.54) is 30.2 Å². The number of methoxy groups -OCH3 is 1. The van der Waals surface area contributed by atoms with Gasteiger partial charge in [-0.05, 0) is 41.5 Å². The molecule has 0 saturated heterocycles. The normalized spacial score (nSPS) is 10.4. The summed E-state index contributed by atoms with van der Waals surface area (Å²) in [7, 11) is 3.05. The molecule has 0 bridgehead atoms. The first-order valence-electron chi connectivity index (χ1n) is 7.29. The summed E-state index contributed by atoms with van der Waals surface area (Å²) in [5, 5.41) is 8.75. The van der Waals surface area contributed by atoms with Crippen molar-refractivity contribution in [1.29, 1.82) is 5.26 Å². The molecule has 5 heteroatoms. The molecule has 0 spiro atoms. The average Bonchev–Trinajstić information content (AvgIpc) is 2.60. The second kappa shape index (κ2) is 7.93. The van der Waals surface area contributed by atoms with Gasteiger partial charge < -0.3 is 9.64 Å². The summed E-state index contributed by atoms with van der Waals surface area (Å²) in [4.78, 5) is 13.6. The van der Waals surface area contributed by atoms with E-state index in [0.29, 0.717) is 11.1 Å². The lowest BCUT2D eigenvalue weighted by Gasteiger charge is -2.15. The van der Waals surface area contributed by atoms with Crippen LogP contribution in [0, 0.1) is 17.1 Å². The first kappa shape index (κ1) is 17.2. The molecular formula is C19H17FN2O2. The first-order valence-corrected chi connectivity index (χ1v) is 7.29. The second-order valence-corrected chi connectivity index (χ2v) is 5.23. The zero-order chi connectivity index (χ0) is 17.5. The van der Waals surface area contributed by atoms with Crippen molar-refractivity contribution in [2.45, 2.75) is 6.54 Å². The van der Waals surface area contributed by atoms with Crippen molar-refractivity contribution in [1.82, 2.24) is 4.90 Å². The Bertz CT molecular complexity index is 792. The fourth-order valence-electron chi connectivity index (χ4n) is 2.12. The molecule has 0 aliphatic rings. The molecule has 0 aliphatic carbocycles. The van der Waals surface area contributed by atoms with Gasteiger partial charge in [-0.25, -0.2) is 4.39 Å². The fourth-order valence-corrected chi connectivity index (χ4v) is 2.12. The van der Waals surface area contributed by atoms with E-state index >= 15 is 0 Å². The van der Waals surface area contributed by atoms with E-state index in [2.05, 4.69) is 0 Å². The number of carbonyl (C=O) groups excluding carboxylic acids is 1. The molecule has 0 saturated carbocycles. The Hall–Kier alpha value is -3.13. The van der Waals surface area contributed by atoms with Gasteiger partial charge in [-0.1, -0.05) is 18.2 Å². The lowest BCUT2D eigenvalue weighted by atomic mass is 10.1. The van der Waals surface area contributed by atoms with Gasteiger partial charge in [0, 0.05) is 19.7 Å². The third-order valence-electron chi connectivity index (χ3n) is 3.47. The predicted octanol–water partition coefficient (Wildman–Crippen LogP) is 3.38. The van der Waals surface area contributed by atoms with Crippen molar-refractivity contribution in [2.75, 3.05) is 14.2 Å². The third kappa shape index (κ3) is 4.43. The van der Waals surface area contributed by atoms with E-state index < -0.39 is 5.82 Å². The first-order chi connectivity index (χ1) is 11.5. The van der Waals surface area contributed by atoms with Gasteiger partial charge in [0.15, 0.2) is 11.6 Å². The number of hydrogen-bond donors (Lipinski definition) is 0. The van der Waals surface area contributed by atoms with Crippen molar-refractivity contribution >= 4 is 12.0 Å². The minimum Gasteiger partial charge on any atom is -0.494 e. The lowest BCUT2D eigenvalue weighted by molar-refractivity contribution is -0.125. The minimum atomic E-state index is -0.455. The molecule has 0 heterocycles.